The molecular formula is C15H24ClN3O4S2. The molecule has 0 saturated heterocycles. The fraction of sp³-hybridized carbons (Fsp3) is 0.533. The van der Waals surface area contributed by atoms with E-state index in [0.717, 1.165) is 0 Å². The third-order valence-electron chi connectivity index (χ3n) is 3.64. The SMILES string of the molecule is Cl.NC(CNC(=O)CSCCOc1ccc(S(N)(=O)=O)cc1)C1CC1. The van der Waals surface area contributed by atoms with Gasteiger partial charge in [0.2, 0.25) is 15.9 Å². The third-order valence-corrected chi connectivity index (χ3v) is 5.50. The van der Waals surface area contributed by atoms with Crippen LogP contribution in [0.2, 0.25) is 0 Å². The van der Waals surface area contributed by atoms with E-state index in [2.05, 4.69) is 5.32 Å². The number of thioether (sulfide) groups is 1. The lowest BCUT2D eigenvalue weighted by Crippen LogP contribution is -2.39. The number of nitrogens with two attached hydrogens (primary N) is 2. The molecule has 0 bridgehead atoms. The molecule has 1 amide bonds. The van der Waals surface area contributed by atoms with Crippen LogP contribution in [0.5, 0.6) is 5.75 Å². The number of carbonyl (C=O) groups is 1. The summed E-state index contributed by atoms with van der Waals surface area (Å²) in [5, 5.41) is 7.86. The molecule has 0 aromatic heterocycles. The van der Waals surface area contributed by atoms with Crippen molar-refractivity contribution >= 4 is 40.1 Å². The maximum atomic E-state index is 11.7. The Kier molecular flexibility index (Phi) is 9.01. The van der Waals surface area contributed by atoms with Crippen molar-refractivity contribution in [2.45, 2.75) is 23.8 Å². The standard InChI is InChI=1S/C15H23N3O4S2.ClH/c16-14(11-1-2-11)9-18-15(19)10-23-8-7-22-12-3-5-13(6-4-12)24(17,20)21;/h3-6,11,14H,1-2,7-10,16H2,(H,18,19)(H2,17,20,21);1H. The summed E-state index contributed by atoms with van der Waals surface area (Å²) in [5.74, 6) is 2.13. The molecule has 1 aliphatic rings. The number of primary sulfonamides is 1. The van der Waals surface area contributed by atoms with Gasteiger partial charge in [-0.2, -0.15) is 0 Å². The van der Waals surface area contributed by atoms with Crippen molar-refractivity contribution in [3.63, 3.8) is 0 Å². The van der Waals surface area contributed by atoms with Crippen molar-refractivity contribution in [2.24, 2.45) is 16.8 Å². The minimum absolute atomic E-state index is 0. The molecule has 1 saturated carbocycles. The summed E-state index contributed by atoms with van der Waals surface area (Å²) in [5.41, 5.74) is 5.92. The largest absolute Gasteiger partial charge is 0.493 e. The zero-order valence-corrected chi connectivity index (χ0v) is 16.2. The van der Waals surface area contributed by atoms with Gasteiger partial charge in [0.15, 0.2) is 0 Å². The Balaban J connectivity index is 0.00000312. The van der Waals surface area contributed by atoms with E-state index in [9.17, 15) is 13.2 Å². The van der Waals surface area contributed by atoms with Gasteiger partial charge < -0.3 is 15.8 Å². The van der Waals surface area contributed by atoms with Crippen molar-refractivity contribution in [2.75, 3.05) is 24.7 Å². The van der Waals surface area contributed by atoms with Gasteiger partial charge in [-0.15, -0.1) is 24.2 Å². The lowest BCUT2D eigenvalue weighted by atomic mass is 10.2. The molecule has 1 aromatic carbocycles. The summed E-state index contributed by atoms with van der Waals surface area (Å²) in [4.78, 5) is 11.7. The van der Waals surface area contributed by atoms with Crippen LogP contribution in [0, 0.1) is 5.92 Å². The zero-order valence-electron chi connectivity index (χ0n) is 13.7. The van der Waals surface area contributed by atoms with Gasteiger partial charge in [-0.05, 0) is 43.0 Å². The van der Waals surface area contributed by atoms with E-state index in [1.165, 1.54) is 36.7 Å². The lowest BCUT2D eigenvalue weighted by Gasteiger charge is -2.11. The molecule has 2 rings (SSSR count). The van der Waals surface area contributed by atoms with Crippen LogP contribution in [0.25, 0.3) is 0 Å². The van der Waals surface area contributed by atoms with E-state index in [1.807, 2.05) is 0 Å². The molecule has 0 spiro atoms. The molecule has 0 radical (unpaired) electrons. The van der Waals surface area contributed by atoms with Crippen molar-refractivity contribution < 1.29 is 17.9 Å². The van der Waals surface area contributed by atoms with E-state index in [1.54, 1.807) is 12.1 Å². The first-order valence-electron chi connectivity index (χ1n) is 7.72. The van der Waals surface area contributed by atoms with Crippen LogP contribution >= 0.6 is 24.2 Å². The van der Waals surface area contributed by atoms with Gasteiger partial charge in [0.05, 0.1) is 17.3 Å². The molecule has 1 unspecified atom stereocenters. The Morgan fingerprint density at radius 1 is 1.32 bits per heavy atom. The van der Waals surface area contributed by atoms with Crippen molar-refractivity contribution in [3.8, 4) is 5.75 Å². The van der Waals surface area contributed by atoms with Gasteiger partial charge in [0.1, 0.15) is 5.75 Å². The van der Waals surface area contributed by atoms with Gasteiger partial charge in [-0.25, -0.2) is 13.6 Å². The lowest BCUT2D eigenvalue weighted by molar-refractivity contribution is -0.118. The van der Waals surface area contributed by atoms with Crippen molar-refractivity contribution in [3.05, 3.63) is 24.3 Å². The second kappa shape index (κ2) is 10.2. The van der Waals surface area contributed by atoms with E-state index in [0.29, 0.717) is 36.3 Å². The predicted molar refractivity (Wildman–Crippen MR) is 102 cm³/mol. The average molecular weight is 410 g/mol. The quantitative estimate of drug-likeness (QED) is 0.489. The molecule has 1 fully saturated rings. The predicted octanol–water partition coefficient (Wildman–Crippen LogP) is 0.721. The van der Waals surface area contributed by atoms with E-state index < -0.39 is 10.0 Å². The minimum Gasteiger partial charge on any atom is -0.493 e. The average Bonchev–Trinajstić information content (AvgIpc) is 3.37. The zero-order chi connectivity index (χ0) is 17.6. The monoisotopic (exact) mass is 409 g/mol. The molecule has 1 aromatic rings. The van der Waals surface area contributed by atoms with E-state index >= 15 is 0 Å². The molecule has 1 aliphatic carbocycles. The summed E-state index contributed by atoms with van der Waals surface area (Å²) in [7, 11) is -3.68. The van der Waals surface area contributed by atoms with Gasteiger partial charge in [0.25, 0.3) is 0 Å². The molecule has 25 heavy (non-hydrogen) atoms. The van der Waals surface area contributed by atoms with Crippen LogP contribution in [0.1, 0.15) is 12.8 Å². The number of hydrogen-bond donors (Lipinski definition) is 3. The van der Waals surface area contributed by atoms with Crippen LogP contribution in [-0.2, 0) is 14.8 Å². The Morgan fingerprint density at radius 2 is 1.96 bits per heavy atom. The van der Waals surface area contributed by atoms with Gasteiger partial charge in [-0.1, -0.05) is 0 Å². The number of nitrogens with one attached hydrogen (secondary N) is 1. The number of halogens is 1. The van der Waals surface area contributed by atoms with Crippen LogP contribution in [0.15, 0.2) is 29.2 Å². The summed E-state index contributed by atoms with van der Waals surface area (Å²) in [6.45, 7) is 0.964. The first-order chi connectivity index (χ1) is 11.4. The number of ether oxygens (including phenoxy) is 1. The Hall–Kier alpha value is -1.00. The Labute approximate surface area is 158 Å². The van der Waals surface area contributed by atoms with Gasteiger partial charge in [-0.3, -0.25) is 4.79 Å². The number of hydrogen-bond acceptors (Lipinski definition) is 6. The molecule has 5 N–H and O–H groups in total. The van der Waals surface area contributed by atoms with Crippen LogP contribution in [0.3, 0.4) is 0 Å². The Bertz CT molecular complexity index is 651. The molecular weight excluding hydrogens is 386 g/mol. The first-order valence-corrected chi connectivity index (χ1v) is 10.4. The second-order valence-electron chi connectivity index (χ2n) is 5.72. The fourth-order valence-electron chi connectivity index (χ4n) is 2.08. The maximum Gasteiger partial charge on any atom is 0.238 e. The summed E-state index contributed by atoms with van der Waals surface area (Å²) < 4.78 is 27.7. The normalized spacial score (nSPS) is 15.1. The smallest absolute Gasteiger partial charge is 0.238 e. The fourth-order valence-corrected chi connectivity index (χ4v) is 3.23. The highest BCUT2D eigenvalue weighted by molar-refractivity contribution is 7.99. The number of carbonyl (C=O) groups excluding carboxylic acids is 1. The van der Waals surface area contributed by atoms with Gasteiger partial charge in [0, 0.05) is 18.3 Å². The Morgan fingerprint density at radius 3 is 2.52 bits per heavy atom. The van der Waals surface area contributed by atoms with Crippen molar-refractivity contribution in [1.82, 2.24) is 5.32 Å². The van der Waals surface area contributed by atoms with Crippen molar-refractivity contribution in [1.29, 1.82) is 0 Å². The van der Waals surface area contributed by atoms with Crippen LogP contribution in [0.4, 0.5) is 0 Å². The number of rotatable bonds is 10. The summed E-state index contributed by atoms with van der Waals surface area (Å²) in [6, 6.07) is 5.97. The number of amides is 1. The topological polar surface area (TPSA) is 125 Å². The number of sulfonamides is 1. The molecule has 0 heterocycles. The molecule has 1 atom stereocenters. The maximum absolute atomic E-state index is 11.7. The minimum atomic E-state index is -3.68. The van der Waals surface area contributed by atoms with Crippen LogP contribution < -0.4 is 20.9 Å². The highest BCUT2D eigenvalue weighted by Crippen LogP contribution is 2.31. The molecule has 142 valence electrons. The third kappa shape index (κ3) is 8.28. The van der Waals surface area contributed by atoms with Crippen LogP contribution in [-0.4, -0.2) is 45.0 Å². The molecule has 0 aliphatic heterocycles. The second-order valence-corrected chi connectivity index (χ2v) is 8.39. The molecule has 10 heteroatoms. The number of benzene rings is 1. The molecule has 7 nitrogen and oxygen atoms in total. The summed E-state index contributed by atoms with van der Waals surface area (Å²) >= 11 is 1.47. The summed E-state index contributed by atoms with van der Waals surface area (Å²) in [6.07, 6.45) is 2.34. The highest BCUT2D eigenvalue weighted by atomic mass is 35.5. The van der Waals surface area contributed by atoms with E-state index in [-0.39, 0.29) is 29.3 Å². The first kappa shape index (κ1) is 22.0. The van der Waals surface area contributed by atoms with Gasteiger partial charge >= 0.3 is 0 Å². The highest BCUT2D eigenvalue weighted by Gasteiger charge is 2.28. The van der Waals surface area contributed by atoms with E-state index in [4.69, 9.17) is 15.6 Å².